The molecule has 1 aromatic rings. The highest BCUT2D eigenvalue weighted by molar-refractivity contribution is 5.82. The van der Waals surface area contributed by atoms with E-state index in [1.165, 1.54) is 19.3 Å². The van der Waals surface area contributed by atoms with Crippen LogP contribution in [0.5, 0.6) is 0 Å². The molecule has 1 fully saturated rings. The lowest BCUT2D eigenvalue weighted by atomic mass is 9.78. The number of furan rings is 1. The van der Waals surface area contributed by atoms with E-state index in [-0.39, 0.29) is 5.92 Å². The molecular formula is C14H20O2. The first kappa shape index (κ1) is 11.4. The molecule has 0 saturated heterocycles. The Hall–Kier alpha value is -1.05. The first-order chi connectivity index (χ1) is 7.79. The van der Waals surface area contributed by atoms with Crippen LogP contribution in [0, 0.1) is 11.8 Å². The summed E-state index contributed by atoms with van der Waals surface area (Å²) in [5.41, 5.74) is 0. The predicted molar refractivity (Wildman–Crippen MR) is 63.2 cm³/mol. The summed E-state index contributed by atoms with van der Waals surface area (Å²) >= 11 is 0. The van der Waals surface area contributed by atoms with Gasteiger partial charge in [0.05, 0.1) is 12.7 Å². The zero-order valence-corrected chi connectivity index (χ0v) is 9.95. The number of Topliss-reactive ketones (excluding diaryl/α,β-unsaturated/α-hetero) is 1. The molecule has 0 radical (unpaired) electrons. The topological polar surface area (TPSA) is 30.2 Å². The summed E-state index contributed by atoms with van der Waals surface area (Å²) in [6, 6.07) is 3.73. The molecule has 0 amide bonds. The van der Waals surface area contributed by atoms with Crippen molar-refractivity contribution in [2.24, 2.45) is 11.8 Å². The van der Waals surface area contributed by atoms with Crippen molar-refractivity contribution in [1.29, 1.82) is 0 Å². The first-order valence-electron chi connectivity index (χ1n) is 6.34. The lowest BCUT2D eigenvalue weighted by Gasteiger charge is -2.26. The molecular weight excluding hydrogens is 200 g/mol. The molecule has 1 aliphatic rings. The van der Waals surface area contributed by atoms with Crippen LogP contribution >= 0.6 is 0 Å². The summed E-state index contributed by atoms with van der Waals surface area (Å²) in [5, 5.41) is 0. The lowest BCUT2D eigenvalue weighted by Crippen LogP contribution is -2.22. The summed E-state index contributed by atoms with van der Waals surface area (Å²) in [4.78, 5) is 12.0. The van der Waals surface area contributed by atoms with Crippen LogP contribution in [0.4, 0.5) is 0 Å². The van der Waals surface area contributed by atoms with E-state index in [4.69, 9.17) is 4.42 Å². The van der Waals surface area contributed by atoms with Crippen molar-refractivity contribution >= 4 is 5.78 Å². The van der Waals surface area contributed by atoms with Crippen molar-refractivity contribution in [1.82, 2.24) is 0 Å². The zero-order valence-electron chi connectivity index (χ0n) is 9.95. The molecule has 0 aromatic carbocycles. The highest BCUT2D eigenvalue weighted by Gasteiger charge is 2.25. The van der Waals surface area contributed by atoms with Crippen LogP contribution in [0.25, 0.3) is 0 Å². The molecule has 2 heteroatoms. The van der Waals surface area contributed by atoms with Crippen LogP contribution in [0.2, 0.25) is 0 Å². The molecule has 0 unspecified atom stereocenters. The molecule has 1 heterocycles. The number of hydrogen-bond acceptors (Lipinski definition) is 2. The van der Waals surface area contributed by atoms with Crippen molar-refractivity contribution < 1.29 is 9.21 Å². The maximum absolute atomic E-state index is 12.0. The summed E-state index contributed by atoms with van der Waals surface area (Å²) in [6.07, 6.45) is 8.00. The molecule has 0 atom stereocenters. The van der Waals surface area contributed by atoms with Gasteiger partial charge in [0.1, 0.15) is 11.5 Å². The second kappa shape index (κ2) is 5.33. The van der Waals surface area contributed by atoms with Crippen LogP contribution in [-0.2, 0) is 11.2 Å². The van der Waals surface area contributed by atoms with E-state index in [1.807, 2.05) is 12.1 Å². The quantitative estimate of drug-likeness (QED) is 0.776. The SMILES string of the molecule is CCC1CCC(C(=O)Cc2ccco2)CC1. The molecule has 0 bridgehead atoms. The molecule has 1 aliphatic carbocycles. The summed E-state index contributed by atoms with van der Waals surface area (Å²) in [5.74, 6) is 2.31. The van der Waals surface area contributed by atoms with Crippen LogP contribution in [0.15, 0.2) is 22.8 Å². The molecule has 16 heavy (non-hydrogen) atoms. The Balaban J connectivity index is 1.82. The van der Waals surface area contributed by atoms with Crippen LogP contribution in [-0.4, -0.2) is 5.78 Å². The van der Waals surface area contributed by atoms with Gasteiger partial charge in [0.25, 0.3) is 0 Å². The molecule has 2 nitrogen and oxygen atoms in total. The number of hydrogen-bond donors (Lipinski definition) is 0. The Morgan fingerprint density at radius 3 is 2.69 bits per heavy atom. The Morgan fingerprint density at radius 1 is 1.38 bits per heavy atom. The molecule has 1 aromatic heterocycles. The number of rotatable bonds is 4. The Morgan fingerprint density at radius 2 is 2.12 bits per heavy atom. The van der Waals surface area contributed by atoms with Gasteiger partial charge in [-0.2, -0.15) is 0 Å². The van der Waals surface area contributed by atoms with Gasteiger partial charge in [0.15, 0.2) is 0 Å². The number of ketones is 1. The fourth-order valence-electron chi connectivity index (χ4n) is 2.62. The fraction of sp³-hybridized carbons (Fsp3) is 0.643. The van der Waals surface area contributed by atoms with Gasteiger partial charge in [0, 0.05) is 5.92 Å². The number of carbonyl (C=O) groups excluding carboxylic acids is 1. The van der Waals surface area contributed by atoms with Gasteiger partial charge in [-0.1, -0.05) is 13.3 Å². The van der Waals surface area contributed by atoms with Crippen molar-refractivity contribution in [2.75, 3.05) is 0 Å². The second-order valence-corrected chi connectivity index (χ2v) is 4.85. The Kier molecular flexibility index (Phi) is 3.81. The highest BCUT2D eigenvalue weighted by Crippen LogP contribution is 2.31. The smallest absolute Gasteiger partial charge is 0.143 e. The van der Waals surface area contributed by atoms with Crippen LogP contribution < -0.4 is 0 Å². The lowest BCUT2D eigenvalue weighted by molar-refractivity contribution is -0.123. The maximum atomic E-state index is 12.0. The van der Waals surface area contributed by atoms with Gasteiger partial charge >= 0.3 is 0 Å². The zero-order chi connectivity index (χ0) is 11.4. The second-order valence-electron chi connectivity index (χ2n) is 4.85. The minimum absolute atomic E-state index is 0.285. The van der Waals surface area contributed by atoms with Gasteiger partial charge in [-0.15, -0.1) is 0 Å². The van der Waals surface area contributed by atoms with E-state index >= 15 is 0 Å². The van der Waals surface area contributed by atoms with Gasteiger partial charge < -0.3 is 4.42 Å². The van der Waals surface area contributed by atoms with E-state index < -0.39 is 0 Å². The number of carbonyl (C=O) groups is 1. The van der Waals surface area contributed by atoms with Crippen LogP contribution in [0.1, 0.15) is 44.8 Å². The third-order valence-corrected chi connectivity index (χ3v) is 3.81. The van der Waals surface area contributed by atoms with Gasteiger partial charge in [-0.05, 0) is 43.7 Å². The monoisotopic (exact) mass is 220 g/mol. The third kappa shape index (κ3) is 2.75. The molecule has 1 saturated carbocycles. The van der Waals surface area contributed by atoms with Gasteiger partial charge in [0.2, 0.25) is 0 Å². The van der Waals surface area contributed by atoms with Crippen molar-refractivity contribution in [3.8, 4) is 0 Å². The van der Waals surface area contributed by atoms with Crippen molar-refractivity contribution in [3.05, 3.63) is 24.2 Å². The van der Waals surface area contributed by atoms with Crippen molar-refractivity contribution in [2.45, 2.75) is 45.4 Å². The van der Waals surface area contributed by atoms with Crippen LogP contribution in [0.3, 0.4) is 0 Å². The highest BCUT2D eigenvalue weighted by atomic mass is 16.3. The Labute approximate surface area is 97.0 Å². The largest absolute Gasteiger partial charge is 0.469 e. The van der Waals surface area contributed by atoms with E-state index in [1.54, 1.807) is 6.26 Å². The summed E-state index contributed by atoms with van der Waals surface area (Å²) < 4.78 is 5.22. The first-order valence-corrected chi connectivity index (χ1v) is 6.34. The van der Waals surface area contributed by atoms with E-state index in [0.29, 0.717) is 12.2 Å². The average molecular weight is 220 g/mol. The third-order valence-electron chi connectivity index (χ3n) is 3.81. The van der Waals surface area contributed by atoms with E-state index in [9.17, 15) is 4.79 Å². The standard InChI is InChI=1S/C14H20O2/c1-2-11-5-7-12(8-6-11)14(15)10-13-4-3-9-16-13/h3-4,9,11-12H,2,5-8,10H2,1H3. The van der Waals surface area contributed by atoms with Crippen molar-refractivity contribution in [3.63, 3.8) is 0 Å². The fourth-order valence-corrected chi connectivity index (χ4v) is 2.62. The summed E-state index contributed by atoms with van der Waals surface area (Å²) in [7, 11) is 0. The molecule has 0 N–H and O–H groups in total. The normalized spacial score (nSPS) is 25.6. The summed E-state index contributed by atoms with van der Waals surface area (Å²) in [6.45, 7) is 2.25. The molecule has 0 aliphatic heterocycles. The molecule has 2 rings (SSSR count). The molecule has 0 spiro atoms. The van der Waals surface area contributed by atoms with E-state index in [2.05, 4.69) is 6.92 Å². The Bertz CT molecular complexity index is 319. The minimum Gasteiger partial charge on any atom is -0.469 e. The molecule has 88 valence electrons. The van der Waals surface area contributed by atoms with E-state index in [0.717, 1.165) is 24.5 Å². The minimum atomic E-state index is 0.285. The predicted octanol–water partition coefficient (Wildman–Crippen LogP) is 3.61. The van der Waals surface area contributed by atoms with Gasteiger partial charge in [-0.25, -0.2) is 0 Å². The van der Waals surface area contributed by atoms with Gasteiger partial charge in [-0.3, -0.25) is 4.79 Å². The average Bonchev–Trinajstić information content (AvgIpc) is 2.82. The maximum Gasteiger partial charge on any atom is 0.143 e.